The highest BCUT2D eigenvalue weighted by Gasteiger charge is 2.16. The van der Waals surface area contributed by atoms with E-state index in [1.54, 1.807) is 0 Å². The number of rotatable bonds is 3. The van der Waals surface area contributed by atoms with E-state index < -0.39 is 0 Å². The summed E-state index contributed by atoms with van der Waals surface area (Å²) in [6, 6.07) is 10.1. The lowest BCUT2D eigenvalue weighted by molar-refractivity contribution is 0.0425. The van der Waals surface area contributed by atoms with E-state index >= 15 is 0 Å². The Labute approximate surface area is 98.2 Å². The summed E-state index contributed by atoms with van der Waals surface area (Å²) in [7, 11) is 0. The second kappa shape index (κ2) is 5.90. The van der Waals surface area contributed by atoms with E-state index in [2.05, 4.69) is 11.8 Å². The molecule has 0 aliphatic carbocycles. The molecule has 1 saturated heterocycles. The van der Waals surface area contributed by atoms with Crippen molar-refractivity contribution in [3.05, 3.63) is 30.3 Å². The molecular weight excluding hydrogens is 198 g/mol. The largest absolute Gasteiger partial charge is 0.475 e. The Balaban J connectivity index is 1.89. The molecule has 0 radical (unpaired) electrons. The number of hydrogen-bond donors (Lipinski definition) is 0. The van der Waals surface area contributed by atoms with Crippen molar-refractivity contribution in [2.75, 3.05) is 13.1 Å². The number of ether oxygens (including phenoxy) is 1. The Hall–Kier alpha value is -1.02. The monoisotopic (exact) mass is 219 g/mol. The molecule has 0 spiro atoms. The molecule has 1 aromatic carbocycles. The Kier molecular flexibility index (Phi) is 4.23. The summed E-state index contributed by atoms with van der Waals surface area (Å²) >= 11 is 0. The Morgan fingerprint density at radius 2 is 1.62 bits per heavy atom. The summed E-state index contributed by atoms with van der Waals surface area (Å²) in [6.07, 6.45) is 5.55. The number of benzene rings is 1. The molecule has 1 atom stereocenters. The topological polar surface area (TPSA) is 12.5 Å². The van der Waals surface area contributed by atoms with Crippen LogP contribution >= 0.6 is 0 Å². The molecule has 1 heterocycles. The predicted molar refractivity (Wildman–Crippen MR) is 66.6 cm³/mol. The minimum Gasteiger partial charge on any atom is -0.475 e. The van der Waals surface area contributed by atoms with Gasteiger partial charge in [0, 0.05) is 13.1 Å². The van der Waals surface area contributed by atoms with Crippen molar-refractivity contribution in [1.29, 1.82) is 0 Å². The normalized spacial score (nSPS) is 20.1. The molecule has 0 amide bonds. The van der Waals surface area contributed by atoms with Crippen molar-refractivity contribution in [3.63, 3.8) is 0 Å². The molecule has 16 heavy (non-hydrogen) atoms. The van der Waals surface area contributed by atoms with Crippen LogP contribution in [0.4, 0.5) is 0 Å². The number of para-hydroxylation sites is 1. The molecule has 0 aromatic heterocycles. The van der Waals surface area contributed by atoms with Crippen LogP contribution in [0.3, 0.4) is 0 Å². The molecule has 2 rings (SSSR count). The molecule has 1 aromatic rings. The molecule has 0 unspecified atom stereocenters. The van der Waals surface area contributed by atoms with Crippen LogP contribution in [-0.2, 0) is 0 Å². The van der Waals surface area contributed by atoms with E-state index in [9.17, 15) is 0 Å². The summed E-state index contributed by atoms with van der Waals surface area (Å²) in [4.78, 5) is 2.44. The quantitative estimate of drug-likeness (QED) is 0.773. The van der Waals surface area contributed by atoms with E-state index in [4.69, 9.17) is 4.74 Å². The molecule has 1 aliphatic heterocycles. The van der Waals surface area contributed by atoms with Gasteiger partial charge in [-0.3, -0.25) is 4.90 Å². The van der Waals surface area contributed by atoms with Crippen molar-refractivity contribution in [3.8, 4) is 5.75 Å². The van der Waals surface area contributed by atoms with Crippen LogP contribution in [-0.4, -0.2) is 24.2 Å². The lowest BCUT2D eigenvalue weighted by Gasteiger charge is -2.27. The third-order valence-corrected chi connectivity index (χ3v) is 3.20. The van der Waals surface area contributed by atoms with Gasteiger partial charge in [-0.1, -0.05) is 31.0 Å². The van der Waals surface area contributed by atoms with Gasteiger partial charge in [-0.25, -0.2) is 0 Å². The zero-order valence-electron chi connectivity index (χ0n) is 10.1. The highest BCUT2D eigenvalue weighted by atomic mass is 16.5. The first-order valence-corrected chi connectivity index (χ1v) is 6.32. The minimum absolute atomic E-state index is 0.195. The molecule has 0 N–H and O–H groups in total. The fourth-order valence-electron chi connectivity index (χ4n) is 2.23. The third kappa shape index (κ3) is 3.24. The third-order valence-electron chi connectivity index (χ3n) is 3.20. The average Bonchev–Trinajstić information content (AvgIpc) is 2.59. The van der Waals surface area contributed by atoms with E-state index in [0.29, 0.717) is 0 Å². The molecule has 0 bridgehead atoms. The highest BCUT2D eigenvalue weighted by molar-refractivity contribution is 5.21. The van der Waals surface area contributed by atoms with Crippen LogP contribution in [0.5, 0.6) is 5.75 Å². The van der Waals surface area contributed by atoms with E-state index in [0.717, 1.165) is 5.75 Å². The maximum atomic E-state index is 5.94. The second-order valence-corrected chi connectivity index (χ2v) is 4.48. The van der Waals surface area contributed by atoms with E-state index in [-0.39, 0.29) is 6.23 Å². The van der Waals surface area contributed by atoms with E-state index in [1.165, 1.54) is 38.8 Å². The Morgan fingerprint density at radius 3 is 2.25 bits per heavy atom. The molecule has 1 aliphatic rings. The van der Waals surface area contributed by atoms with Crippen molar-refractivity contribution in [1.82, 2.24) is 4.90 Å². The van der Waals surface area contributed by atoms with Gasteiger partial charge < -0.3 is 4.74 Å². The summed E-state index contributed by atoms with van der Waals surface area (Å²) in [6.45, 7) is 4.50. The van der Waals surface area contributed by atoms with Crippen molar-refractivity contribution >= 4 is 0 Å². The Bertz CT molecular complexity index is 291. The summed E-state index contributed by atoms with van der Waals surface area (Å²) in [5, 5.41) is 0. The average molecular weight is 219 g/mol. The van der Waals surface area contributed by atoms with Gasteiger partial charge in [0.2, 0.25) is 0 Å². The van der Waals surface area contributed by atoms with Crippen LogP contribution in [0.25, 0.3) is 0 Å². The van der Waals surface area contributed by atoms with Crippen LogP contribution in [0.1, 0.15) is 32.6 Å². The molecule has 2 heteroatoms. The summed E-state index contributed by atoms with van der Waals surface area (Å²) < 4.78 is 5.94. The summed E-state index contributed by atoms with van der Waals surface area (Å²) in [5.74, 6) is 0.972. The van der Waals surface area contributed by atoms with Crippen molar-refractivity contribution in [2.24, 2.45) is 0 Å². The SMILES string of the molecule is C[C@@H](Oc1ccccc1)N1CCCCCC1. The zero-order chi connectivity index (χ0) is 11.2. The fourth-order valence-corrected chi connectivity index (χ4v) is 2.23. The first-order chi connectivity index (χ1) is 7.86. The van der Waals surface area contributed by atoms with Crippen LogP contribution in [0.15, 0.2) is 30.3 Å². The minimum atomic E-state index is 0.195. The maximum absolute atomic E-state index is 5.94. The standard InChI is InChI=1S/C14H21NO/c1-13(15-11-7-2-3-8-12-15)16-14-9-5-4-6-10-14/h4-6,9-10,13H,2-3,7-8,11-12H2,1H3/t13-/m1/s1. The first kappa shape index (κ1) is 11.5. The van der Waals surface area contributed by atoms with Gasteiger partial charge in [-0.05, 0) is 31.9 Å². The smallest absolute Gasteiger partial charge is 0.149 e. The zero-order valence-corrected chi connectivity index (χ0v) is 10.1. The van der Waals surface area contributed by atoms with Crippen molar-refractivity contribution < 1.29 is 4.74 Å². The molecule has 0 saturated carbocycles. The number of nitrogens with zero attached hydrogens (tertiary/aromatic N) is 1. The van der Waals surface area contributed by atoms with Gasteiger partial charge in [-0.2, -0.15) is 0 Å². The van der Waals surface area contributed by atoms with Crippen LogP contribution in [0, 0.1) is 0 Å². The van der Waals surface area contributed by atoms with E-state index in [1.807, 2.05) is 30.3 Å². The van der Waals surface area contributed by atoms with Gasteiger partial charge in [-0.15, -0.1) is 0 Å². The van der Waals surface area contributed by atoms with Crippen LogP contribution in [0.2, 0.25) is 0 Å². The van der Waals surface area contributed by atoms with Gasteiger partial charge in [0.25, 0.3) is 0 Å². The van der Waals surface area contributed by atoms with Gasteiger partial charge >= 0.3 is 0 Å². The summed E-state index contributed by atoms with van der Waals surface area (Å²) in [5.41, 5.74) is 0. The molecular formula is C14H21NO. The number of hydrogen-bond acceptors (Lipinski definition) is 2. The number of likely N-dealkylation sites (tertiary alicyclic amines) is 1. The fraction of sp³-hybridized carbons (Fsp3) is 0.571. The molecule has 1 fully saturated rings. The van der Waals surface area contributed by atoms with Gasteiger partial charge in [0.15, 0.2) is 0 Å². The van der Waals surface area contributed by atoms with Crippen molar-refractivity contribution in [2.45, 2.75) is 38.8 Å². The molecule has 88 valence electrons. The lowest BCUT2D eigenvalue weighted by Crippen LogP contribution is -2.37. The Morgan fingerprint density at radius 1 is 1.00 bits per heavy atom. The van der Waals surface area contributed by atoms with Gasteiger partial charge in [0.05, 0.1) is 0 Å². The highest BCUT2D eigenvalue weighted by Crippen LogP contribution is 2.16. The second-order valence-electron chi connectivity index (χ2n) is 4.48. The lowest BCUT2D eigenvalue weighted by atomic mass is 10.2. The first-order valence-electron chi connectivity index (χ1n) is 6.32. The van der Waals surface area contributed by atoms with Gasteiger partial charge in [0.1, 0.15) is 12.0 Å². The predicted octanol–water partition coefficient (Wildman–Crippen LogP) is 3.29. The maximum Gasteiger partial charge on any atom is 0.149 e. The van der Waals surface area contributed by atoms with Crippen LogP contribution < -0.4 is 4.74 Å². The molecule has 2 nitrogen and oxygen atoms in total.